The zero-order valence-electron chi connectivity index (χ0n) is 5.38. The summed E-state index contributed by atoms with van der Waals surface area (Å²) >= 11 is -0.472. The quantitative estimate of drug-likeness (QED) is 0.740. The van der Waals surface area contributed by atoms with Crippen molar-refractivity contribution in [3.05, 3.63) is 0 Å². The first-order valence-electron chi connectivity index (χ1n) is 2.39. The number of hydrogen-bond donors (Lipinski definition) is 2. The Morgan fingerprint density at radius 2 is 1.22 bits per heavy atom. The van der Waals surface area contributed by atoms with Gasteiger partial charge in [-0.15, -0.1) is 0 Å². The molecule has 62 valence electrons. The monoisotopic (exact) mass is 353 g/mol. The Kier molecular flexibility index (Phi) is 13.1. The number of hydrogen-bond acceptors (Lipinski definition) is 2. The first-order chi connectivity index (χ1) is 4.06. The van der Waals surface area contributed by atoms with Crippen LogP contribution in [0, 0.1) is 0 Å². The fourth-order valence-electron chi connectivity index (χ4n) is 0. The van der Waals surface area contributed by atoms with E-state index < -0.39 is 16.5 Å². The Bertz CT molecular complexity index is 45.8. The van der Waals surface area contributed by atoms with Crippen molar-refractivity contribution in [1.29, 1.82) is 0 Å². The molecule has 0 aliphatic heterocycles. The van der Waals surface area contributed by atoms with E-state index in [1.165, 1.54) is 0 Å². The Morgan fingerprint density at radius 3 is 1.22 bits per heavy atom. The molecular weight excluding hydrogens is 342 g/mol. The van der Waals surface area contributed by atoms with Crippen molar-refractivity contribution in [1.82, 2.24) is 0 Å². The van der Waals surface area contributed by atoms with Crippen LogP contribution in [0.3, 0.4) is 0 Å². The van der Waals surface area contributed by atoms with Gasteiger partial charge in [-0.25, -0.2) is 0 Å². The summed E-state index contributed by atoms with van der Waals surface area (Å²) in [5.41, 5.74) is 10.6. The van der Waals surface area contributed by atoms with Gasteiger partial charge in [0, 0.05) is 12.1 Å². The maximum absolute atomic E-state index is 5.31. The molecule has 0 fully saturated rings. The number of nitrogens with two attached hydrogens (primary N) is 2. The van der Waals surface area contributed by atoms with Crippen molar-refractivity contribution in [3.63, 3.8) is 0 Å². The molecule has 2 nitrogen and oxygen atoms in total. The minimum absolute atomic E-state index is 0.130. The molecule has 9 heavy (non-hydrogen) atoms. The van der Waals surface area contributed by atoms with Crippen LogP contribution in [0.25, 0.3) is 0 Å². The summed E-state index contributed by atoms with van der Waals surface area (Å²) in [6.07, 6.45) is 0. The van der Waals surface area contributed by atoms with Crippen LogP contribution in [0.2, 0.25) is 0 Å². The minimum atomic E-state index is -0.472. The summed E-state index contributed by atoms with van der Waals surface area (Å²) in [5, 5.41) is 0. The third kappa shape index (κ3) is 17.6. The molecule has 5 heteroatoms. The van der Waals surface area contributed by atoms with Gasteiger partial charge in [-0.3, -0.25) is 0 Å². The summed E-state index contributed by atoms with van der Waals surface area (Å²) in [6, 6.07) is 0.259. The van der Waals surface area contributed by atoms with Crippen molar-refractivity contribution < 1.29 is 16.5 Å². The third-order valence-corrected chi connectivity index (χ3v) is 0.829. The van der Waals surface area contributed by atoms with Gasteiger partial charge < -0.3 is 11.5 Å². The predicted octanol–water partition coefficient (Wildman–Crippen LogP) is 1.06. The van der Waals surface area contributed by atoms with Crippen LogP contribution < -0.4 is 11.5 Å². The molecule has 0 amide bonds. The summed E-state index contributed by atoms with van der Waals surface area (Å²) < 4.78 is 0. The number of halogens is 2. The number of rotatable bonds is 1. The molecule has 0 aromatic rings. The Hall–Kier alpha value is 1.19. The molecule has 0 saturated heterocycles. The van der Waals surface area contributed by atoms with Gasteiger partial charge in [-0.1, -0.05) is 0 Å². The molecule has 0 radical (unpaired) electrons. The fourth-order valence-corrected chi connectivity index (χ4v) is 0. The van der Waals surface area contributed by atoms with E-state index in [-0.39, 0.29) is 12.1 Å². The fraction of sp³-hybridized carbons (Fsp3) is 1.00. The SMILES string of the molecule is C[C@H](N)[C@H](C)N.[Cl][Pt][Cl]. The third-order valence-electron chi connectivity index (χ3n) is 0.829. The van der Waals surface area contributed by atoms with Crippen LogP contribution in [0.15, 0.2) is 0 Å². The molecule has 0 unspecified atom stereocenters. The predicted molar refractivity (Wildman–Crippen MR) is 39.0 cm³/mol. The normalized spacial score (nSPS) is 15.8. The summed E-state index contributed by atoms with van der Waals surface area (Å²) in [7, 11) is 9.75. The molecule has 0 bridgehead atoms. The molecule has 2 atom stereocenters. The van der Waals surface area contributed by atoms with E-state index >= 15 is 0 Å². The van der Waals surface area contributed by atoms with Gasteiger partial charge in [0.05, 0.1) is 0 Å². The molecule has 0 spiro atoms. The molecule has 0 heterocycles. The van der Waals surface area contributed by atoms with E-state index in [9.17, 15) is 0 Å². The van der Waals surface area contributed by atoms with E-state index in [0.717, 1.165) is 0 Å². The molecule has 4 N–H and O–H groups in total. The van der Waals surface area contributed by atoms with Gasteiger partial charge in [0.25, 0.3) is 0 Å². The molecule has 0 saturated carbocycles. The van der Waals surface area contributed by atoms with Gasteiger partial charge in [0.1, 0.15) is 0 Å². The van der Waals surface area contributed by atoms with Crippen LogP contribution in [0.5, 0.6) is 0 Å². The average Bonchev–Trinajstić information content (AvgIpc) is 1.68. The zero-order valence-corrected chi connectivity index (χ0v) is 9.17. The maximum atomic E-state index is 5.31. The Balaban J connectivity index is 0. The molecule has 0 aliphatic carbocycles. The van der Waals surface area contributed by atoms with Gasteiger partial charge in [0.2, 0.25) is 0 Å². The topological polar surface area (TPSA) is 52.0 Å². The first-order valence-corrected chi connectivity index (χ1v) is 8.02. The standard InChI is InChI=1S/C4H12N2.2ClH.Pt/c1-3(5)4(2)6;;;/h3-4H,5-6H2,1-2H3;2*1H;/q;;;+2/p-2/t3-,4-;;;/m0.../s1. The Morgan fingerprint density at radius 1 is 1.11 bits per heavy atom. The van der Waals surface area contributed by atoms with Crippen LogP contribution in [-0.2, 0) is 16.5 Å². The second-order valence-corrected chi connectivity index (χ2v) is 5.05. The van der Waals surface area contributed by atoms with Gasteiger partial charge in [0.15, 0.2) is 0 Å². The zero-order chi connectivity index (χ0) is 7.86. The van der Waals surface area contributed by atoms with Crippen molar-refractivity contribution >= 4 is 18.8 Å². The van der Waals surface area contributed by atoms with Gasteiger partial charge >= 0.3 is 35.3 Å². The summed E-state index contributed by atoms with van der Waals surface area (Å²) in [4.78, 5) is 0. The van der Waals surface area contributed by atoms with Crippen molar-refractivity contribution in [2.75, 3.05) is 0 Å². The van der Waals surface area contributed by atoms with Crippen LogP contribution in [0.4, 0.5) is 0 Å². The second-order valence-electron chi connectivity index (χ2n) is 1.76. The molecule has 0 aromatic heterocycles. The van der Waals surface area contributed by atoms with Crippen LogP contribution in [0.1, 0.15) is 13.8 Å². The van der Waals surface area contributed by atoms with E-state index in [1.807, 2.05) is 13.8 Å². The van der Waals surface area contributed by atoms with E-state index in [2.05, 4.69) is 0 Å². The van der Waals surface area contributed by atoms with Crippen molar-refractivity contribution in [2.24, 2.45) is 11.5 Å². The molecule has 0 aromatic carbocycles. The summed E-state index contributed by atoms with van der Waals surface area (Å²) in [6.45, 7) is 3.79. The van der Waals surface area contributed by atoms with E-state index in [4.69, 9.17) is 30.3 Å². The van der Waals surface area contributed by atoms with Gasteiger partial charge in [-0.2, -0.15) is 0 Å². The average molecular weight is 354 g/mol. The Labute approximate surface area is 72.6 Å². The molecule has 0 rings (SSSR count). The van der Waals surface area contributed by atoms with Gasteiger partial charge in [-0.05, 0) is 13.8 Å². The molecular formula is C4H12Cl2N2Pt. The summed E-state index contributed by atoms with van der Waals surface area (Å²) in [5.74, 6) is 0. The van der Waals surface area contributed by atoms with Crippen LogP contribution in [-0.4, -0.2) is 12.1 Å². The van der Waals surface area contributed by atoms with Crippen LogP contribution >= 0.6 is 18.8 Å². The second kappa shape index (κ2) is 9.19. The first kappa shape index (κ1) is 12.8. The molecule has 0 aliphatic rings. The van der Waals surface area contributed by atoms with E-state index in [1.54, 1.807) is 0 Å². The van der Waals surface area contributed by atoms with E-state index in [0.29, 0.717) is 0 Å². The van der Waals surface area contributed by atoms with Crippen molar-refractivity contribution in [2.45, 2.75) is 25.9 Å². The van der Waals surface area contributed by atoms with Crippen molar-refractivity contribution in [3.8, 4) is 0 Å².